The molecule has 0 atom stereocenters. The second-order valence-electron chi connectivity index (χ2n) is 5.17. The van der Waals surface area contributed by atoms with E-state index in [1.54, 1.807) is 23.0 Å². The molecule has 1 heterocycles. The van der Waals surface area contributed by atoms with E-state index in [1.165, 1.54) is 13.2 Å². The van der Waals surface area contributed by atoms with Crippen LogP contribution in [0.4, 0.5) is 14.5 Å². The van der Waals surface area contributed by atoms with Crippen molar-refractivity contribution in [1.29, 1.82) is 0 Å². The molecular weight excluding hydrogens is 350 g/mol. The molecule has 0 spiro atoms. The summed E-state index contributed by atoms with van der Waals surface area (Å²) in [7, 11) is 1.40. The summed E-state index contributed by atoms with van der Waals surface area (Å²) in [4.78, 5) is 12.5. The number of amides is 1. The van der Waals surface area contributed by atoms with Crippen molar-refractivity contribution in [1.82, 2.24) is 4.57 Å². The molecule has 0 fully saturated rings. The van der Waals surface area contributed by atoms with Gasteiger partial charge in [-0.2, -0.15) is 0 Å². The maximum Gasteiger partial charge on any atom is 0.259 e. The van der Waals surface area contributed by atoms with Crippen LogP contribution in [-0.4, -0.2) is 17.6 Å². The van der Waals surface area contributed by atoms with E-state index < -0.39 is 17.5 Å². The molecule has 3 rings (SSSR count). The Kier molecular flexibility index (Phi) is 4.72. The number of nitrogens with zero attached hydrogens (tertiary/aromatic N) is 1. The summed E-state index contributed by atoms with van der Waals surface area (Å²) in [5, 5.41) is 2.63. The van der Waals surface area contributed by atoms with Gasteiger partial charge in [0.15, 0.2) is 0 Å². The van der Waals surface area contributed by atoms with Crippen molar-refractivity contribution in [3.8, 4) is 11.4 Å². The van der Waals surface area contributed by atoms with Crippen LogP contribution in [0, 0.1) is 11.6 Å². The monoisotopic (exact) mass is 362 g/mol. The molecule has 0 aliphatic carbocycles. The summed E-state index contributed by atoms with van der Waals surface area (Å²) in [6.07, 6.45) is 3.59. The Labute approximate surface area is 147 Å². The molecule has 4 nitrogen and oxygen atoms in total. The van der Waals surface area contributed by atoms with Gasteiger partial charge < -0.3 is 14.6 Å². The smallest absolute Gasteiger partial charge is 0.259 e. The zero-order valence-electron chi connectivity index (χ0n) is 13.1. The predicted octanol–water partition coefficient (Wildman–Crippen LogP) is 4.67. The zero-order valence-corrected chi connectivity index (χ0v) is 13.8. The van der Waals surface area contributed by atoms with E-state index in [0.29, 0.717) is 10.7 Å². The fourth-order valence-electron chi connectivity index (χ4n) is 2.36. The van der Waals surface area contributed by atoms with Gasteiger partial charge in [0, 0.05) is 24.5 Å². The molecule has 0 aliphatic rings. The Morgan fingerprint density at radius 3 is 2.56 bits per heavy atom. The molecule has 0 saturated heterocycles. The molecule has 0 bridgehead atoms. The Hall–Kier alpha value is -2.86. The minimum Gasteiger partial charge on any atom is -0.496 e. The third-order valence-electron chi connectivity index (χ3n) is 3.57. The van der Waals surface area contributed by atoms with Gasteiger partial charge >= 0.3 is 0 Å². The predicted molar refractivity (Wildman–Crippen MR) is 91.6 cm³/mol. The molecule has 128 valence electrons. The average molecular weight is 363 g/mol. The number of halogens is 3. The first-order valence-electron chi connectivity index (χ1n) is 7.27. The summed E-state index contributed by atoms with van der Waals surface area (Å²) in [5.41, 5.74) is 0.460. The number of carbonyl (C=O) groups excluding carboxylic acids is 1. The fraction of sp³-hybridized carbons (Fsp3) is 0.0556. The number of rotatable bonds is 4. The van der Waals surface area contributed by atoms with E-state index in [9.17, 15) is 13.6 Å². The van der Waals surface area contributed by atoms with Gasteiger partial charge in [-0.25, -0.2) is 8.78 Å². The standard InChI is InChI=1S/C18H13ClF2N2O2/c1-25-17-10-16(23-6-2-3-7-23)13(19)9-12(17)18(24)22-15-8-11(20)4-5-14(15)21/h2-10H,1H3,(H,22,24). The van der Waals surface area contributed by atoms with Gasteiger partial charge in [0.1, 0.15) is 17.4 Å². The molecule has 1 N–H and O–H groups in total. The highest BCUT2D eigenvalue weighted by Crippen LogP contribution is 2.30. The van der Waals surface area contributed by atoms with E-state index in [0.717, 1.165) is 18.2 Å². The molecule has 0 saturated carbocycles. The number of benzene rings is 2. The first-order valence-corrected chi connectivity index (χ1v) is 7.64. The number of nitrogens with one attached hydrogen (secondary N) is 1. The topological polar surface area (TPSA) is 43.3 Å². The van der Waals surface area contributed by atoms with Gasteiger partial charge in [0.2, 0.25) is 0 Å². The summed E-state index contributed by atoms with van der Waals surface area (Å²) < 4.78 is 34.0. The van der Waals surface area contributed by atoms with Gasteiger partial charge in [-0.15, -0.1) is 0 Å². The Balaban J connectivity index is 1.97. The minimum absolute atomic E-state index is 0.104. The third-order valence-corrected chi connectivity index (χ3v) is 3.88. The number of hydrogen-bond acceptors (Lipinski definition) is 2. The number of carbonyl (C=O) groups is 1. The second-order valence-corrected chi connectivity index (χ2v) is 5.58. The van der Waals surface area contributed by atoms with Crippen LogP contribution in [0.15, 0.2) is 54.9 Å². The van der Waals surface area contributed by atoms with E-state index in [-0.39, 0.29) is 17.0 Å². The van der Waals surface area contributed by atoms with Crippen molar-refractivity contribution in [3.05, 3.63) is 77.1 Å². The first kappa shape index (κ1) is 17.0. The average Bonchev–Trinajstić information content (AvgIpc) is 3.12. The molecule has 0 radical (unpaired) electrons. The number of hydrogen-bond donors (Lipinski definition) is 1. The van der Waals surface area contributed by atoms with Gasteiger partial charge in [-0.1, -0.05) is 11.6 Å². The molecule has 1 aromatic heterocycles. The van der Waals surface area contributed by atoms with E-state index >= 15 is 0 Å². The summed E-state index contributed by atoms with van der Waals surface area (Å²) in [5.74, 6) is -1.82. The highest BCUT2D eigenvalue weighted by molar-refractivity contribution is 6.33. The largest absolute Gasteiger partial charge is 0.496 e. The van der Waals surface area contributed by atoms with Crippen molar-refractivity contribution in [2.45, 2.75) is 0 Å². The van der Waals surface area contributed by atoms with Crippen molar-refractivity contribution < 1.29 is 18.3 Å². The zero-order chi connectivity index (χ0) is 18.0. The number of methoxy groups -OCH3 is 1. The van der Waals surface area contributed by atoms with Crippen molar-refractivity contribution >= 4 is 23.2 Å². The first-order chi connectivity index (χ1) is 12.0. The van der Waals surface area contributed by atoms with Gasteiger partial charge in [0.05, 0.1) is 29.1 Å². The fourth-order valence-corrected chi connectivity index (χ4v) is 2.63. The molecular formula is C18H13ClF2N2O2. The lowest BCUT2D eigenvalue weighted by atomic mass is 10.1. The maximum atomic E-state index is 13.7. The second kappa shape index (κ2) is 6.94. The Bertz CT molecular complexity index is 927. The van der Waals surface area contributed by atoms with Crippen LogP contribution >= 0.6 is 11.6 Å². The third kappa shape index (κ3) is 3.49. The molecule has 0 unspecified atom stereocenters. The minimum atomic E-state index is -0.747. The van der Waals surface area contributed by atoms with Crippen LogP contribution in [0.25, 0.3) is 5.69 Å². The highest BCUT2D eigenvalue weighted by Gasteiger charge is 2.18. The lowest BCUT2D eigenvalue weighted by Crippen LogP contribution is -2.15. The number of anilines is 1. The molecule has 0 aliphatic heterocycles. The van der Waals surface area contributed by atoms with Gasteiger partial charge in [-0.05, 0) is 30.3 Å². The molecule has 7 heteroatoms. The number of aromatic nitrogens is 1. The van der Waals surface area contributed by atoms with Crippen molar-refractivity contribution in [2.24, 2.45) is 0 Å². The molecule has 25 heavy (non-hydrogen) atoms. The van der Waals surface area contributed by atoms with E-state index in [4.69, 9.17) is 16.3 Å². The van der Waals surface area contributed by atoms with Crippen molar-refractivity contribution in [2.75, 3.05) is 12.4 Å². The van der Waals surface area contributed by atoms with E-state index in [2.05, 4.69) is 5.32 Å². The molecule has 1 amide bonds. The Morgan fingerprint density at radius 1 is 1.16 bits per heavy atom. The van der Waals surface area contributed by atoms with Gasteiger partial charge in [0.25, 0.3) is 5.91 Å². The van der Waals surface area contributed by atoms with Crippen LogP contribution in [0.3, 0.4) is 0 Å². The summed E-state index contributed by atoms with van der Waals surface area (Å²) in [6, 6.07) is 9.47. The summed E-state index contributed by atoms with van der Waals surface area (Å²) >= 11 is 6.26. The quantitative estimate of drug-likeness (QED) is 0.733. The van der Waals surface area contributed by atoms with Crippen LogP contribution in [0.2, 0.25) is 5.02 Å². The van der Waals surface area contributed by atoms with E-state index in [1.807, 2.05) is 12.1 Å². The maximum absolute atomic E-state index is 13.7. The lowest BCUT2D eigenvalue weighted by molar-refractivity contribution is 0.102. The lowest BCUT2D eigenvalue weighted by Gasteiger charge is -2.14. The van der Waals surface area contributed by atoms with Crippen LogP contribution in [-0.2, 0) is 0 Å². The van der Waals surface area contributed by atoms with Crippen LogP contribution < -0.4 is 10.1 Å². The van der Waals surface area contributed by atoms with Crippen LogP contribution in [0.1, 0.15) is 10.4 Å². The number of ether oxygens (including phenoxy) is 1. The van der Waals surface area contributed by atoms with Crippen LogP contribution in [0.5, 0.6) is 5.75 Å². The summed E-state index contributed by atoms with van der Waals surface area (Å²) in [6.45, 7) is 0. The highest BCUT2D eigenvalue weighted by atomic mass is 35.5. The normalized spacial score (nSPS) is 10.6. The molecule has 2 aromatic carbocycles. The van der Waals surface area contributed by atoms with Crippen molar-refractivity contribution in [3.63, 3.8) is 0 Å². The molecule has 3 aromatic rings. The SMILES string of the molecule is COc1cc(-n2cccc2)c(Cl)cc1C(=O)Nc1cc(F)ccc1F. The van der Waals surface area contributed by atoms with Gasteiger partial charge in [-0.3, -0.25) is 4.79 Å². The Morgan fingerprint density at radius 2 is 1.88 bits per heavy atom.